The third-order valence-electron chi connectivity index (χ3n) is 1.93. The van der Waals surface area contributed by atoms with Gasteiger partial charge < -0.3 is 0 Å². The lowest BCUT2D eigenvalue weighted by atomic mass is 9.72. The van der Waals surface area contributed by atoms with Gasteiger partial charge in [0.15, 0.2) is 0 Å². The quantitative estimate of drug-likeness (QED) is 0.520. The van der Waals surface area contributed by atoms with E-state index in [2.05, 4.69) is 0 Å². The van der Waals surface area contributed by atoms with Crippen LogP contribution in [0.2, 0.25) is 0 Å². The predicted octanol–water partition coefficient (Wildman–Crippen LogP) is 3.17. The first-order valence-electron chi connectivity index (χ1n) is 3.89. The van der Waals surface area contributed by atoms with Crippen molar-refractivity contribution < 1.29 is 9.50 Å². The molecule has 0 aromatic rings. The van der Waals surface area contributed by atoms with Gasteiger partial charge in [-0.05, 0) is 0 Å². The van der Waals surface area contributed by atoms with Gasteiger partial charge >= 0.3 is 0 Å². The Morgan fingerprint density at radius 3 is 1.00 bits per heavy atom. The van der Waals surface area contributed by atoms with Gasteiger partial charge in [-0.15, -0.1) is 0 Å². The van der Waals surface area contributed by atoms with E-state index >= 15 is 0 Å². The zero-order valence-electron chi connectivity index (χ0n) is 8.29. The van der Waals surface area contributed by atoms with Crippen molar-refractivity contribution in [2.45, 2.75) is 47.4 Å². The summed E-state index contributed by atoms with van der Waals surface area (Å²) in [5, 5.41) is 11.5. The second-order valence-corrected chi connectivity index (χ2v) is 5.10. The van der Waals surface area contributed by atoms with Crippen LogP contribution in [0.3, 0.4) is 0 Å². The van der Waals surface area contributed by atoms with Gasteiger partial charge in [0.1, 0.15) is 0 Å². The highest BCUT2D eigenvalue weighted by molar-refractivity contribution is 4.90. The van der Waals surface area contributed by atoms with E-state index in [1.165, 1.54) is 0 Å². The molecular weight excluding hydrogens is 143 g/mol. The van der Waals surface area contributed by atoms with Gasteiger partial charge in [-0.2, -0.15) is 5.11 Å². The molecule has 0 bridgehead atoms. The highest BCUT2D eigenvalue weighted by Gasteiger charge is 2.51. The van der Waals surface area contributed by atoms with E-state index in [9.17, 15) is 9.50 Å². The smallest absolute Gasteiger partial charge is 0.208 e. The molecule has 1 radical (unpaired) electrons. The van der Waals surface area contributed by atoms with E-state index in [-0.39, 0.29) is 0 Å². The molecule has 1 nitrogen and oxygen atoms in total. The maximum Gasteiger partial charge on any atom is 0.250 e. The minimum absolute atomic E-state index is 0.842. The monoisotopic (exact) mass is 161 g/mol. The Balaban J connectivity index is 4.75. The largest absolute Gasteiger partial charge is 0.250 e. The van der Waals surface area contributed by atoms with Crippen LogP contribution in [-0.4, -0.2) is 5.85 Å². The molecule has 67 valence electrons. The SMILES string of the molecule is CC(C)(C)C([O])(F)C(C)(C)C. The zero-order chi connectivity index (χ0) is 9.50. The summed E-state index contributed by atoms with van der Waals surface area (Å²) in [5.74, 6) is -2.38. The van der Waals surface area contributed by atoms with Gasteiger partial charge in [0.05, 0.1) is 0 Å². The van der Waals surface area contributed by atoms with Crippen LogP contribution in [0.4, 0.5) is 4.39 Å². The topological polar surface area (TPSA) is 19.9 Å². The number of alkyl halides is 1. The maximum absolute atomic E-state index is 13.5. The van der Waals surface area contributed by atoms with Gasteiger partial charge in [-0.1, -0.05) is 41.5 Å². The van der Waals surface area contributed by atoms with Crippen molar-refractivity contribution >= 4 is 0 Å². The predicted molar refractivity (Wildman–Crippen MR) is 43.4 cm³/mol. The maximum atomic E-state index is 13.5. The van der Waals surface area contributed by atoms with Gasteiger partial charge in [0.2, 0.25) is 0 Å². The summed E-state index contributed by atoms with van der Waals surface area (Å²) < 4.78 is 13.5. The van der Waals surface area contributed by atoms with Crippen LogP contribution >= 0.6 is 0 Å². The first-order valence-corrected chi connectivity index (χ1v) is 3.89. The Morgan fingerprint density at radius 2 is 1.00 bits per heavy atom. The highest BCUT2D eigenvalue weighted by Crippen LogP contribution is 2.45. The summed E-state index contributed by atoms with van der Waals surface area (Å²) in [4.78, 5) is 0. The number of rotatable bonds is 0. The molecule has 0 amide bonds. The van der Waals surface area contributed by atoms with Gasteiger partial charge in [-0.25, -0.2) is 4.39 Å². The molecule has 0 rings (SSSR count). The fourth-order valence-corrected chi connectivity index (χ4v) is 1.12. The fourth-order valence-electron chi connectivity index (χ4n) is 1.12. The molecule has 0 aliphatic heterocycles. The van der Waals surface area contributed by atoms with Crippen molar-refractivity contribution in [3.8, 4) is 0 Å². The molecule has 0 saturated heterocycles. The van der Waals surface area contributed by atoms with Crippen LogP contribution in [0, 0.1) is 10.8 Å². The zero-order valence-corrected chi connectivity index (χ0v) is 8.29. The van der Waals surface area contributed by atoms with E-state index in [4.69, 9.17) is 0 Å². The average molecular weight is 161 g/mol. The number of hydrogen-bond acceptors (Lipinski definition) is 0. The number of hydrogen-bond donors (Lipinski definition) is 0. The Kier molecular flexibility index (Phi) is 2.42. The summed E-state index contributed by atoms with van der Waals surface area (Å²) in [7, 11) is 0. The normalized spacial score (nSPS) is 15.3. The highest BCUT2D eigenvalue weighted by atomic mass is 19.2. The lowest BCUT2D eigenvalue weighted by Gasteiger charge is -2.40. The Morgan fingerprint density at radius 1 is 0.818 bits per heavy atom. The van der Waals surface area contributed by atoms with E-state index < -0.39 is 16.7 Å². The summed E-state index contributed by atoms with van der Waals surface area (Å²) in [6.07, 6.45) is 0. The van der Waals surface area contributed by atoms with Gasteiger partial charge in [-0.3, -0.25) is 0 Å². The molecule has 0 atom stereocenters. The molecule has 0 spiro atoms. The molecule has 0 N–H and O–H groups in total. The van der Waals surface area contributed by atoms with E-state index in [0.717, 1.165) is 0 Å². The minimum atomic E-state index is -2.38. The molecule has 0 heterocycles. The van der Waals surface area contributed by atoms with Crippen molar-refractivity contribution in [1.82, 2.24) is 0 Å². The van der Waals surface area contributed by atoms with Crippen LogP contribution in [-0.2, 0) is 5.11 Å². The lowest BCUT2D eigenvalue weighted by Crippen LogP contribution is -2.47. The van der Waals surface area contributed by atoms with Crippen molar-refractivity contribution in [3.63, 3.8) is 0 Å². The lowest BCUT2D eigenvalue weighted by molar-refractivity contribution is -0.270. The van der Waals surface area contributed by atoms with Crippen molar-refractivity contribution in [2.24, 2.45) is 10.8 Å². The fraction of sp³-hybridized carbons (Fsp3) is 1.00. The summed E-state index contributed by atoms with van der Waals surface area (Å²) in [6, 6.07) is 0. The van der Waals surface area contributed by atoms with Gasteiger partial charge in [0.25, 0.3) is 5.85 Å². The van der Waals surface area contributed by atoms with Crippen LogP contribution in [0.25, 0.3) is 0 Å². The second kappa shape index (κ2) is 2.44. The second-order valence-electron chi connectivity index (χ2n) is 5.10. The average Bonchev–Trinajstić information content (AvgIpc) is 1.58. The molecular formula is C9H18FO. The van der Waals surface area contributed by atoms with E-state index in [0.29, 0.717) is 0 Å². The van der Waals surface area contributed by atoms with Crippen molar-refractivity contribution in [3.05, 3.63) is 0 Å². The molecule has 0 fully saturated rings. The summed E-state index contributed by atoms with van der Waals surface area (Å²) in [6.45, 7) is 9.78. The molecule has 0 aromatic carbocycles. The third-order valence-corrected chi connectivity index (χ3v) is 1.93. The summed E-state index contributed by atoms with van der Waals surface area (Å²) in [5.41, 5.74) is -1.68. The van der Waals surface area contributed by atoms with Crippen LogP contribution < -0.4 is 0 Å². The third kappa shape index (κ3) is 1.92. The Labute approximate surface area is 68.6 Å². The molecule has 0 unspecified atom stereocenters. The summed E-state index contributed by atoms with van der Waals surface area (Å²) >= 11 is 0. The van der Waals surface area contributed by atoms with Gasteiger partial charge in [0, 0.05) is 10.8 Å². The van der Waals surface area contributed by atoms with E-state index in [1.54, 1.807) is 41.5 Å². The Hall–Kier alpha value is -0.110. The molecule has 0 aliphatic rings. The standard InChI is InChI=1S/C9H18FO/c1-7(2,3)9(10,11)8(4,5)6/h1-6H3. The first kappa shape index (κ1) is 10.9. The molecule has 0 saturated carbocycles. The molecule has 0 aromatic heterocycles. The van der Waals surface area contributed by atoms with E-state index in [1.807, 2.05) is 0 Å². The minimum Gasteiger partial charge on any atom is -0.208 e. The van der Waals surface area contributed by atoms with Crippen molar-refractivity contribution in [1.29, 1.82) is 0 Å². The number of halogens is 1. The van der Waals surface area contributed by atoms with Crippen LogP contribution in [0.15, 0.2) is 0 Å². The van der Waals surface area contributed by atoms with Crippen LogP contribution in [0.1, 0.15) is 41.5 Å². The molecule has 0 aliphatic carbocycles. The van der Waals surface area contributed by atoms with Crippen molar-refractivity contribution in [2.75, 3.05) is 0 Å². The first-order chi connectivity index (χ1) is 4.50. The van der Waals surface area contributed by atoms with Crippen LogP contribution in [0.5, 0.6) is 0 Å². The Bertz CT molecular complexity index is 121. The molecule has 11 heavy (non-hydrogen) atoms. The molecule has 2 heteroatoms.